The van der Waals surface area contributed by atoms with Crippen LogP contribution < -0.4 is 16.0 Å². The zero-order valence-electron chi connectivity index (χ0n) is 16.1. The first-order valence-electron chi connectivity index (χ1n) is 9.02. The summed E-state index contributed by atoms with van der Waals surface area (Å²) < 4.78 is 0. The van der Waals surface area contributed by atoms with Crippen molar-refractivity contribution in [2.24, 2.45) is 4.99 Å². The highest BCUT2D eigenvalue weighted by Crippen LogP contribution is 2.17. The Morgan fingerprint density at radius 3 is 2.71 bits per heavy atom. The van der Waals surface area contributed by atoms with Crippen LogP contribution in [-0.4, -0.2) is 37.5 Å². The zero-order valence-corrected chi connectivity index (χ0v) is 18.4. The van der Waals surface area contributed by atoms with Gasteiger partial charge in [-0.05, 0) is 35.7 Å². The summed E-state index contributed by atoms with van der Waals surface area (Å²) in [6.07, 6.45) is 2.96. The smallest absolute Gasteiger partial charge is 0.251 e. The highest BCUT2D eigenvalue weighted by atomic mass is 127. The van der Waals surface area contributed by atoms with Crippen LogP contribution >= 0.6 is 24.0 Å². The largest absolute Gasteiger partial charge is 0.361 e. The molecule has 0 fully saturated rings. The fourth-order valence-corrected chi connectivity index (χ4v) is 3.03. The van der Waals surface area contributed by atoms with E-state index in [1.165, 1.54) is 10.9 Å². The monoisotopic (exact) mass is 491 g/mol. The van der Waals surface area contributed by atoms with Crippen LogP contribution in [0.4, 0.5) is 0 Å². The summed E-state index contributed by atoms with van der Waals surface area (Å²) in [6.45, 7) is 1.37. The number of aliphatic imine (C=N–C) groups is 1. The van der Waals surface area contributed by atoms with Gasteiger partial charge in [-0.1, -0.05) is 30.3 Å². The van der Waals surface area contributed by atoms with Gasteiger partial charge in [-0.15, -0.1) is 24.0 Å². The summed E-state index contributed by atoms with van der Waals surface area (Å²) in [5.41, 5.74) is 4.12. The molecule has 6 nitrogen and oxygen atoms in total. The molecule has 0 radical (unpaired) electrons. The molecule has 0 aliphatic heterocycles. The summed E-state index contributed by atoms with van der Waals surface area (Å²) >= 11 is 0. The Bertz CT molecular complexity index is 951. The molecule has 1 aromatic heterocycles. The number of hydrogen-bond donors (Lipinski definition) is 4. The minimum Gasteiger partial charge on any atom is -0.361 e. The van der Waals surface area contributed by atoms with Gasteiger partial charge in [0.1, 0.15) is 0 Å². The molecule has 1 amide bonds. The number of rotatable bonds is 6. The van der Waals surface area contributed by atoms with Crippen LogP contribution in [0.5, 0.6) is 0 Å². The summed E-state index contributed by atoms with van der Waals surface area (Å²) in [6, 6.07) is 15.9. The number of nitrogens with one attached hydrogen (secondary N) is 4. The Morgan fingerprint density at radius 2 is 1.93 bits per heavy atom. The van der Waals surface area contributed by atoms with Gasteiger partial charge < -0.3 is 20.9 Å². The van der Waals surface area contributed by atoms with Crippen molar-refractivity contribution in [1.29, 1.82) is 0 Å². The van der Waals surface area contributed by atoms with Gasteiger partial charge in [-0.3, -0.25) is 9.79 Å². The zero-order chi connectivity index (χ0) is 19.1. The van der Waals surface area contributed by atoms with Crippen molar-refractivity contribution in [2.75, 3.05) is 20.6 Å². The molecular formula is C21H26IN5O. The molecule has 1 heterocycles. The molecule has 0 aliphatic rings. The average Bonchev–Trinajstić information content (AvgIpc) is 3.13. The van der Waals surface area contributed by atoms with Gasteiger partial charge in [0.15, 0.2) is 5.96 Å². The number of fused-ring (bicyclic) bond motifs is 1. The van der Waals surface area contributed by atoms with E-state index in [9.17, 15) is 4.79 Å². The van der Waals surface area contributed by atoms with Crippen LogP contribution in [0.2, 0.25) is 0 Å². The predicted octanol–water partition coefficient (Wildman–Crippen LogP) is 3.05. The Morgan fingerprint density at radius 1 is 1.11 bits per heavy atom. The van der Waals surface area contributed by atoms with Crippen molar-refractivity contribution in [3.63, 3.8) is 0 Å². The minimum absolute atomic E-state index is 0. The molecule has 3 rings (SSSR count). The summed E-state index contributed by atoms with van der Waals surface area (Å²) in [5.74, 6) is 0.651. The number of carbonyl (C=O) groups is 1. The average molecular weight is 491 g/mol. The van der Waals surface area contributed by atoms with Crippen molar-refractivity contribution in [3.8, 4) is 0 Å². The molecule has 0 spiro atoms. The molecule has 0 unspecified atom stereocenters. The first-order chi connectivity index (χ1) is 13.2. The van der Waals surface area contributed by atoms with E-state index in [-0.39, 0.29) is 29.9 Å². The second kappa shape index (κ2) is 10.7. The molecule has 7 heteroatoms. The Labute approximate surface area is 182 Å². The first-order valence-corrected chi connectivity index (χ1v) is 9.02. The van der Waals surface area contributed by atoms with E-state index in [0.717, 1.165) is 30.0 Å². The van der Waals surface area contributed by atoms with Gasteiger partial charge in [-0.25, -0.2) is 0 Å². The van der Waals surface area contributed by atoms with Crippen LogP contribution in [0.25, 0.3) is 10.9 Å². The quantitative estimate of drug-likeness (QED) is 0.243. The van der Waals surface area contributed by atoms with Crippen LogP contribution in [0.3, 0.4) is 0 Å². The van der Waals surface area contributed by atoms with Crippen LogP contribution in [-0.2, 0) is 13.0 Å². The molecule has 0 saturated heterocycles. The fourth-order valence-electron chi connectivity index (χ4n) is 3.03. The number of benzene rings is 2. The number of guanidine groups is 1. The molecule has 0 aliphatic carbocycles. The van der Waals surface area contributed by atoms with E-state index >= 15 is 0 Å². The molecule has 4 N–H and O–H groups in total. The lowest BCUT2D eigenvalue weighted by Crippen LogP contribution is -2.37. The third-order valence-corrected chi connectivity index (χ3v) is 4.46. The number of para-hydroxylation sites is 1. The van der Waals surface area contributed by atoms with Crippen LogP contribution in [0, 0.1) is 0 Å². The number of carbonyl (C=O) groups excluding carboxylic acids is 1. The molecule has 0 atom stereocenters. The number of aromatic amines is 1. The van der Waals surface area contributed by atoms with Crippen molar-refractivity contribution in [2.45, 2.75) is 13.0 Å². The number of aromatic nitrogens is 1. The number of amides is 1. The maximum atomic E-state index is 11.7. The lowest BCUT2D eigenvalue weighted by atomic mass is 10.1. The highest BCUT2D eigenvalue weighted by molar-refractivity contribution is 14.0. The number of H-pyrrole nitrogens is 1. The molecule has 3 aromatic rings. The van der Waals surface area contributed by atoms with Gasteiger partial charge in [0, 0.05) is 49.8 Å². The lowest BCUT2D eigenvalue weighted by Gasteiger charge is -2.12. The normalized spacial score (nSPS) is 11.0. The second-order valence-electron chi connectivity index (χ2n) is 6.24. The van der Waals surface area contributed by atoms with Crippen molar-refractivity contribution in [1.82, 2.24) is 20.9 Å². The lowest BCUT2D eigenvalue weighted by molar-refractivity contribution is 0.0963. The van der Waals surface area contributed by atoms with Crippen molar-refractivity contribution in [3.05, 3.63) is 71.4 Å². The molecule has 0 saturated carbocycles. The summed E-state index contributed by atoms with van der Waals surface area (Å²) in [5, 5.41) is 10.5. The van der Waals surface area contributed by atoms with Gasteiger partial charge in [0.25, 0.3) is 5.91 Å². The summed E-state index contributed by atoms with van der Waals surface area (Å²) in [4.78, 5) is 19.3. The molecule has 148 valence electrons. The van der Waals surface area contributed by atoms with Gasteiger partial charge >= 0.3 is 0 Å². The SMILES string of the molecule is CN=C(NCCc1c[nH]c2ccccc12)NCc1cccc(C(=O)NC)c1.I. The Kier molecular flexibility index (Phi) is 8.31. The number of hydrogen-bond acceptors (Lipinski definition) is 2. The van der Waals surface area contributed by atoms with Gasteiger partial charge in [-0.2, -0.15) is 0 Å². The Balaban J connectivity index is 0.00000280. The Hall–Kier alpha value is -2.55. The standard InChI is InChI=1S/C21H25N5O.HI/c1-22-20(27)16-7-5-6-15(12-16)13-26-21(23-2)24-11-10-17-14-25-19-9-4-3-8-18(17)19;/h3-9,12,14,25H,10-11,13H2,1-2H3,(H,22,27)(H2,23,24,26);1H. The van der Waals surface area contributed by atoms with Crippen molar-refractivity contribution >= 4 is 46.7 Å². The van der Waals surface area contributed by atoms with Gasteiger partial charge in [0.2, 0.25) is 0 Å². The van der Waals surface area contributed by atoms with Crippen molar-refractivity contribution < 1.29 is 4.79 Å². The topological polar surface area (TPSA) is 81.3 Å². The molecule has 28 heavy (non-hydrogen) atoms. The minimum atomic E-state index is -0.0851. The highest BCUT2D eigenvalue weighted by Gasteiger charge is 2.05. The van der Waals surface area contributed by atoms with E-state index in [4.69, 9.17) is 0 Å². The summed E-state index contributed by atoms with van der Waals surface area (Å²) in [7, 11) is 3.38. The third-order valence-electron chi connectivity index (χ3n) is 4.46. The van der Waals surface area contributed by atoms with E-state index < -0.39 is 0 Å². The third kappa shape index (κ3) is 5.48. The fraction of sp³-hybridized carbons (Fsp3) is 0.238. The maximum absolute atomic E-state index is 11.7. The molecule has 2 aromatic carbocycles. The van der Waals surface area contributed by atoms with Crippen LogP contribution in [0.1, 0.15) is 21.5 Å². The first kappa shape index (κ1) is 21.7. The van der Waals surface area contributed by atoms with E-state index in [0.29, 0.717) is 12.1 Å². The second-order valence-corrected chi connectivity index (χ2v) is 6.24. The van der Waals surface area contributed by atoms with Gasteiger partial charge in [0.05, 0.1) is 0 Å². The van der Waals surface area contributed by atoms with E-state index in [1.54, 1.807) is 20.2 Å². The van der Waals surface area contributed by atoms with Crippen LogP contribution in [0.15, 0.2) is 59.7 Å². The predicted molar refractivity (Wildman–Crippen MR) is 125 cm³/mol. The molecular weight excluding hydrogens is 465 g/mol. The maximum Gasteiger partial charge on any atom is 0.251 e. The van der Waals surface area contributed by atoms with E-state index in [1.807, 2.05) is 24.3 Å². The molecule has 0 bridgehead atoms. The van der Waals surface area contributed by atoms with E-state index in [2.05, 4.69) is 50.3 Å². The number of nitrogens with zero attached hydrogens (tertiary/aromatic N) is 1. The number of halogens is 1.